The second-order valence-corrected chi connectivity index (χ2v) is 6.71. The minimum Gasteiger partial charge on any atom is -0.207 e. The summed E-state index contributed by atoms with van der Waals surface area (Å²) in [6.07, 6.45) is 12.8. The molecule has 0 heterocycles. The van der Waals surface area contributed by atoms with Gasteiger partial charge < -0.3 is 0 Å². The van der Waals surface area contributed by atoms with Gasteiger partial charge in [-0.3, -0.25) is 0 Å². The summed E-state index contributed by atoms with van der Waals surface area (Å²) in [5.41, 5.74) is 2.12. The van der Waals surface area contributed by atoms with E-state index in [0.29, 0.717) is 5.92 Å². The monoisotopic (exact) mass is 339 g/mol. The van der Waals surface area contributed by atoms with Crippen LogP contribution in [0, 0.1) is 18.2 Å². The van der Waals surface area contributed by atoms with Crippen molar-refractivity contribution in [2.45, 2.75) is 25.2 Å². The van der Waals surface area contributed by atoms with Gasteiger partial charge in [0.1, 0.15) is 5.82 Å². The van der Waals surface area contributed by atoms with E-state index in [0.717, 1.165) is 29.0 Å². The normalized spacial score (nSPS) is 21.0. The minimum absolute atomic E-state index is 0.153. The third kappa shape index (κ3) is 3.47. The van der Waals surface area contributed by atoms with E-state index < -0.39 is 0 Å². The van der Waals surface area contributed by atoms with Crippen molar-refractivity contribution in [2.24, 2.45) is 5.92 Å². The van der Waals surface area contributed by atoms with Gasteiger partial charge in [-0.15, -0.1) is 0 Å². The molecular formula is C22H21ClF. The summed E-state index contributed by atoms with van der Waals surface area (Å²) < 4.78 is 13.4. The fraction of sp³-hybridized carbons (Fsp3) is 0.227. The molecule has 3 rings (SSSR count). The third-order valence-electron chi connectivity index (χ3n) is 4.82. The Bertz CT molecular complexity index is 745. The van der Waals surface area contributed by atoms with E-state index in [2.05, 4.69) is 43.7 Å². The van der Waals surface area contributed by atoms with Crippen molar-refractivity contribution in [3.05, 3.63) is 101 Å². The maximum atomic E-state index is 13.4. The van der Waals surface area contributed by atoms with Crippen molar-refractivity contribution < 1.29 is 4.39 Å². The molecule has 123 valence electrons. The molecule has 0 N–H and O–H groups in total. The first kappa shape index (κ1) is 17.0. The quantitative estimate of drug-likeness (QED) is 0.582. The Labute approximate surface area is 148 Å². The van der Waals surface area contributed by atoms with Crippen LogP contribution in [0.5, 0.6) is 0 Å². The number of hydrogen-bond donors (Lipinski definition) is 0. The molecule has 2 atom stereocenters. The predicted molar refractivity (Wildman–Crippen MR) is 99.6 cm³/mol. The molecule has 0 nitrogen and oxygen atoms in total. The molecule has 0 aliphatic heterocycles. The van der Waals surface area contributed by atoms with E-state index in [1.54, 1.807) is 12.1 Å². The number of hydrogen-bond acceptors (Lipinski definition) is 0. The Morgan fingerprint density at radius 3 is 2.58 bits per heavy atom. The zero-order chi connectivity index (χ0) is 17.0. The van der Waals surface area contributed by atoms with E-state index in [9.17, 15) is 4.39 Å². The molecule has 0 bridgehead atoms. The summed E-state index contributed by atoms with van der Waals surface area (Å²) in [5.74, 6) is 0.0960. The lowest BCUT2D eigenvalue weighted by atomic mass is 9.64. The van der Waals surface area contributed by atoms with Crippen LogP contribution >= 0.6 is 11.6 Å². The van der Waals surface area contributed by atoms with Crippen molar-refractivity contribution >= 4 is 11.6 Å². The van der Waals surface area contributed by atoms with Gasteiger partial charge in [0.2, 0.25) is 0 Å². The lowest BCUT2D eigenvalue weighted by Gasteiger charge is -2.39. The number of halogens is 2. The van der Waals surface area contributed by atoms with Gasteiger partial charge in [-0.25, -0.2) is 4.39 Å². The Morgan fingerprint density at radius 1 is 1.17 bits per heavy atom. The largest absolute Gasteiger partial charge is 0.207 e. The second-order valence-electron chi connectivity index (χ2n) is 6.28. The van der Waals surface area contributed by atoms with Crippen LogP contribution in [0.1, 0.15) is 30.9 Å². The molecule has 1 aliphatic rings. The highest BCUT2D eigenvalue weighted by molar-refractivity contribution is 6.30. The van der Waals surface area contributed by atoms with Crippen molar-refractivity contribution in [3.8, 4) is 0 Å². The van der Waals surface area contributed by atoms with Crippen LogP contribution in [-0.4, -0.2) is 0 Å². The first-order valence-electron chi connectivity index (χ1n) is 8.35. The van der Waals surface area contributed by atoms with Gasteiger partial charge >= 0.3 is 0 Å². The van der Waals surface area contributed by atoms with Crippen molar-refractivity contribution in [3.63, 3.8) is 0 Å². The maximum absolute atomic E-state index is 13.4. The van der Waals surface area contributed by atoms with Gasteiger partial charge in [0.25, 0.3) is 0 Å². The molecule has 0 saturated heterocycles. The molecule has 0 saturated carbocycles. The molecule has 0 spiro atoms. The number of benzene rings is 2. The molecule has 0 fully saturated rings. The molecule has 2 heteroatoms. The standard InChI is InChI=1S/C22H21ClF/c1-2-18(15-17-7-6-8-20(23)16-17)22(13-4-3-5-14-22)19-9-11-21(24)12-10-19/h3-13,15-16,18H,2,14H2,1H3. The highest BCUT2D eigenvalue weighted by Crippen LogP contribution is 2.43. The second kappa shape index (κ2) is 7.36. The van der Waals surface area contributed by atoms with E-state index in [4.69, 9.17) is 11.6 Å². The Kier molecular flexibility index (Phi) is 5.20. The summed E-state index contributed by atoms with van der Waals surface area (Å²) in [6, 6.07) is 14.9. The molecule has 2 aromatic rings. The van der Waals surface area contributed by atoms with E-state index in [1.165, 1.54) is 0 Å². The van der Waals surface area contributed by atoms with Crippen molar-refractivity contribution in [1.82, 2.24) is 0 Å². The smallest absolute Gasteiger partial charge is 0.123 e. The van der Waals surface area contributed by atoms with Gasteiger partial charge in [-0.05, 0) is 54.2 Å². The lowest BCUT2D eigenvalue weighted by Crippen LogP contribution is -2.34. The zero-order valence-corrected chi connectivity index (χ0v) is 14.5. The topological polar surface area (TPSA) is 0 Å². The zero-order valence-electron chi connectivity index (χ0n) is 13.8. The minimum atomic E-state index is -0.198. The van der Waals surface area contributed by atoms with Crippen LogP contribution in [0.25, 0.3) is 0 Å². The van der Waals surface area contributed by atoms with Crippen molar-refractivity contribution in [1.29, 1.82) is 0 Å². The summed E-state index contributed by atoms with van der Waals surface area (Å²) in [4.78, 5) is 0. The molecule has 1 radical (unpaired) electrons. The summed E-state index contributed by atoms with van der Waals surface area (Å²) >= 11 is 6.14. The molecule has 2 unspecified atom stereocenters. The Morgan fingerprint density at radius 2 is 1.96 bits per heavy atom. The average Bonchev–Trinajstić information content (AvgIpc) is 2.61. The first-order valence-corrected chi connectivity index (χ1v) is 8.73. The highest BCUT2D eigenvalue weighted by atomic mass is 35.5. The van der Waals surface area contributed by atoms with Crippen LogP contribution < -0.4 is 0 Å². The fourth-order valence-electron chi connectivity index (χ4n) is 3.57. The van der Waals surface area contributed by atoms with E-state index in [-0.39, 0.29) is 11.2 Å². The first-order chi connectivity index (χ1) is 11.6. The number of allylic oxidation sites excluding steroid dienone is 4. The summed E-state index contributed by atoms with van der Waals surface area (Å²) in [7, 11) is 0. The van der Waals surface area contributed by atoms with Gasteiger partial charge in [0.05, 0.1) is 0 Å². The number of rotatable bonds is 5. The molecule has 2 aromatic carbocycles. The van der Waals surface area contributed by atoms with Crippen LogP contribution in [0.15, 0.2) is 72.8 Å². The molecule has 0 amide bonds. The van der Waals surface area contributed by atoms with Crippen LogP contribution in [0.4, 0.5) is 4.39 Å². The van der Waals surface area contributed by atoms with Gasteiger partial charge in [-0.2, -0.15) is 0 Å². The summed E-state index contributed by atoms with van der Waals surface area (Å²) in [5, 5.41) is 0.744. The molecular weight excluding hydrogens is 319 g/mol. The molecule has 24 heavy (non-hydrogen) atoms. The van der Waals surface area contributed by atoms with Crippen LogP contribution in [0.2, 0.25) is 5.02 Å². The van der Waals surface area contributed by atoms with E-state index in [1.807, 2.05) is 30.3 Å². The summed E-state index contributed by atoms with van der Waals surface area (Å²) in [6.45, 7) is 2.20. The van der Waals surface area contributed by atoms with Crippen LogP contribution in [-0.2, 0) is 5.41 Å². The predicted octanol–water partition coefficient (Wildman–Crippen LogP) is 6.51. The van der Waals surface area contributed by atoms with E-state index >= 15 is 0 Å². The van der Waals surface area contributed by atoms with Crippen LogP contribution in [0.3, 0.4) is 0 Å². The molecule has 1 aliphatic carbocycles. The maximum Gasteiger partial charge on any atom is 0.123 e. The highest BCUT2D eigenvalue weighted by Gasteiger charge is 2.37. The van der Waals surface area contributed by atoms with Crippen molar-refractivity contribution in [2.75, 3.05) is 0 Å². The fourth-order valence-corrected chi connectivity index (χ4v) is 3.77. The Balaban J connectivity index is 1.98. The third-order valence-corrected chi connectivity index (χ3v) is 5.06. The SMILES string of the molecule is CCC([CH]c1cccc(Cl)c1)C1(c2ccc(F)cc2)C=CC=CC1. The van der Waals surface area contributed by atoms with Gasteiger partial charge in [-0.1, -0.05) is 73.5 Å². The average molecular weight is 340 g/mol. The lowest BCUT2D eigenvalue weighted by molar-refractivity contribution is 0.366. The van der Waals surface area contributed by atoms with Gasteiger partial charge in [0, 0.05) is 10.4 Å². The molecule has 0 aromatic heterocycles. The van der Waals surface area contributed by atoms with Gasteiger partial charge in [0.15, 0.2) is 0 Å². The Hall–Kier alpha value is -1.86.